The minimum atomic E-state index is -1.22. The molecule has 114 valence electrons. The molecule has 2 aromatic rings. The van der Waals surface area contributed by atoms with Gasteiger partial charge in [-0.2, -0.15) is 0 Å². The van der Waals surface area contributed by atoms with Crippen LogP contribution in [0.1, 0.15) is 41.5 Å². The van der Waals surface area contributed by atoms with Gasteiger partial charge in [-0.05, 0) is 0 Å². The molecule has 3 rings (SSSR count). The van der Waals surface area contributed by atoms with E-state index in [1.165, 1.54) is 11.1 Å². The molecular weight excluding hydrogens is 326 g/mol. The molecule has 1 heterocycles. The second kappa shape index (κ2) is 5.31. The Morgan fingerprint density at radius 1 is 0.636 bits per heavy atom. The van der Waals surface area contributed by atoms with Gasteiger partial charge in [-0.15, -0.1) is 0 Å². The van der Waals surface area contributed by atoms with E-state index in [0.29, 0.717) is 13.8 Å². The van der Waals surface area contributed by atoms with Crippen LogP contribution in [-0.4, -0.2) is 19.9 Å². The Hall–Kier alpha value is -0.937. The third kappa shape index (κ3) is 2.58. The normalized spacial score (nSPS) is 14.2. The van der Waals surface area contributed by atoms with Gasteiger partial charge in [0.2, 0.25) is 0 Å². The van der Waals surface area contributed by atoms with Crippen LogP contribution in [0.25, 0.3) is 11.1 Å². The number of hydrogen-bond acceptors (Lipinski definition) is 0. The summed E-state index contributed by atoms with van der Waals surface area (Å²) in [5.74, 6) is 0. The molecule has 2 heteroatoms. The fraction of sp³-hybridized carbons (Fsp3) is 0.400. The second-order valence-corrected chi connectivity index (χ2v) is 16.6. The summed E-state index contributed by atoms with van der Waals surface area (Å²) in [6.07, 6.45) is 0. The van der Waals surface area contributed by atoms with Crippen LogP contribution in [0, 0.1) is 0 Å². The van der Waals surface area contributed by atoms with Crippen molar-refractivity contribution in [3.05, 3.63) is 48.5 Å². The molecule has 0 amide bonds. The van der Waals surface area contributed by atoms with Crippen LogP contribution >= 0.6 is 0 Å². The average molecular weight is 352 g/mol. The summed E-state index contributed by atoms with van der Waals surface area (Å²) in [5.41, 5.74) is 6.09. The van der Waals surface area contributed by atoms with Crippen LogP contribution in [0.4, 0.5) is 0 Å². The summed E-state index contributed by atoms with van der Waals surface area (Å²) in [7, 11) is 0. The summed E-state index contributed by atoms with van der Waals surface area (Å²) in [6, 6.07) is 18.2. The van der Waals surface area contributed by atoms with Crippen molar-refractivity contribution in [2.45, 2.75) is 49.9 Å². The summed E-state index contributed by atoms with van der Waals surface area (Å²) in [4.78, 5) is 0. The first-order valence-corrected chi connectivity index (χ1v) is 11.1. The first-order valence-electron chi connectivity index (χ1n) is 8.19. The van der Waals surface area contributed by atoms with Crippen molar-refractivity contribution in [3.8, 4) is 11.1 Å². The molecule has 0 aromatic heterocycles. The molecule has 0 aliphatic carbocycles. The van der Waals surface area contributed by atoms with Crippen LogP contribution in [0.3, 0.4) is 0 Å². The molecule has 0 unspecified atom stereocenters. The van der Waals surface area contributed by atoms with Crippen molar-refractivity contribution >= 4 is 30.8 Å². The van der Waals surface area contributed by atoms with Crippen LogP contribution in [0.2, 0.25) is 8.41 Å². The molecule has 0 nitrogen and oxygen atoms in total. The second-order valence-electron chi connectivity index (χ2n) is 8.29. The third-order valence-corrected chi connectivity index (χ3v) is 12.8. The molecule has 0 bridgehead atoms. The standard InChI is InChI=1S/C20H26AsB/c1-19(2,3)21(20(4,5)6)22-17-13-9-7-11-15(17)16-12-8-10-14-18(16)22/h7-14H,1-6H3. The zero-order chi connectivity index (χ0) is 16.1. The molecule has 1 aliphatic rings. The Morgan fingerprint density at radius 2 is 1.00 bits per heavy atom. The molecule has 1 aliphatic heterocycles. The van der Waals surface area contributed by atoms with Gasteiger partial charge in [0.15, 0.2) is 0 Å². The van der Waals surface area contributed by atoms with E-state index in [9.17, 15) is 0 Å². The fourth-order valence-corrected chi connectivity index (χ4v) is 13.8. The molecule has 2 aromatic carbocycles. The first-order chi connectivity index (χ1) is 10.2. The summed E-state index contributed by atoms with van der Waals surface area (Å²) in [5, 5.41) is 0.639. The Labute approximate surface area is 140 Å². The van der Waals surface area contributed by atoms with Crippen molar-refractivity contribution in [1.82, 2.24) is 0 Å². The zero-order valence-corrected chi connectivity index (χ0v) is 16.5. The average Bonchev–Trinajstić information content (AvgIpc) is 2.72. The molecule has 0 atom stereocenters. The first kappa shape index (κ1) is 15.9. The molecule has 0 radical (unpaired) electrons. The van der Waals surface area contributed by atoms with Gasteiger partial charge in [0.05, 0.1) is 0 Å². The van der Waals surface area contributed by atoms with Crippen molar-refractivity contribution in [1.29, 1.82) is 0 Å². The number of benzene rings is 2. The van der Waals surface area contributed by atoms with E-state index in [2.05, 4.69) is 90.1 Å². The van der Waals surface area contributed by atoms with Gasteiger partial charge < -0.3 is 0 Å². The van der Waals surface area contributed by atoms with Crippen molar-refractivity contribution in [2.24, 2.45) is 0 Å². The van der Waals surface area contributed by atoms with E-state index in [1.54, 1.807) is 10.9 Å². The van der Waals surface area contributed by atoms with Crippen LogP contribution in [-0.2, 0) is 0 Å². The van der Waals surface area contributed by atoms with Gasteiger partial charge in [0, 0.05) is 0 Å². The van der Waals surface area contributed by atoms with E-state index in [-0.39, 0.29) is 0 Å². The van der Waals surface area contributed by atoms with Gasteiger partial charge in [-0.3, -0.25) is 0 Å². The van der Waals surface area contributed by atoms with Crippen molar-refractivity contribution in [2.75, 3.05) is 0 Å². The summed E-state index contributed by atoms with van der Waals surface area (Å²) < 4.78 is 0.807. The Balaban J connectivity index is 2.26. The maximum atomic E-state index is 2.46. The topological polar surface area (TPSA) is 0 Å². The van der Waals surface area contributed by atoms with Crippen molar-refractivity contribution < 1.29 is 0 Å². The molecule has 0 N–H and O–H groups in total. The van der Waals surface area contributed by atoms with Crippen LogP contribution < -0.4 is 10.9 Å². The monoisotopic (exact) mass is 352 g/mol. The van der Waals surface area contributed by atoms with Gasteiger partial charge in [0.1, 0.15) is 0 Å². The van der Waals surface area contributed by atoms with E-state index in [4.69, 9.17) is 0 Å². The van der Waals surface area contributed by atoms with E-state index in [0.717, 1.165) is 0 Å². The van der Waals surface area contributed by atoms with E-state index >= 15 is 0 Å². The SMILES string of the molecule is CC(C)(C)[As](B1c2ccccc2-c2ccccc21)C(C)(C)C. The van der Waals surface area contributed by atoms with Gasteiger partial charge in [-0.25, -0.2) is 0 Å². The minimum absolute atomic E-state index is 0.403. The number of fused-ring (bicyclic) bond motifs is 3. The Bertz CT molecular complexity index is 632. The summed E-state index contributed by atoms with van der Waals surface area (Å²) in [6.45, 7) is 14.8. The zero-order valence-electron chi connectivity index (χ0n) is 14.6. The Morgan fingerprint density at radius 3 is 1.36 bits per heavy atom. The van der Waals surface area contributed by atoms with Crippen molar-refractivity contribution in [3.63, 3.8) is 0 Å². The van der Waals surface area contributed by atoms with Crippen LogP contribution in [0.5, 0.6) is 0 Å². The molecule has 0 fully saturated rings. The fourth-order valence-electron chi connectivity index (χ4n) is 4.19. The Kier molecular flexibility index (Phi) is 3.85. The van der Waals surface area contributed by atoms with E-state index in [1.807, 2.05) is 0 Å². The maximum absolute atomic E-state index is 2.46. The predicted octanol–water partition coefficient (Wildman–Crippen LogP) is 4.45. The molecule has 0 saturated carbocycles. The number of hydrogen-bond donors (Lipinski definition) is 0. The van der Waals surface area contributed by atoms with Gasteiger partial charge in [0.25, 0.3) is 0 Å². The molecule has 0 saturated heterocycles. The third-order valence-electron chi connectivity index (χ3n) is 4.50. The quantitative estimate of drug-likeness (QED) is 0.666. The number of rotatable bonds is 1. The molecule has 22 heavy (non-hydrogen) atoms. The van der Waals surface area contributed by atoms with E-state index < -0.39 is 14.5 Å². The molecule has 0 spiro atoms. The van der Waals surface area contributed by atoms with Crippen LogP contribution in [0.15, 0.2) is 48.5 Å². The summed E-state index contributed by atoms with van der Waals surface area (Å²) >= 11 is -1.22. The van der Waals surface area contributed by atoms with Gasteiger partial charge >= 0.3 is 140 Å². The molecular formula is C20H26AsB. The van der Waals surface area contributed by atoms with Gasteiger partial charge in [-0.1, -0.05) is 0 Å². The predicted molar refractivity (Wildman–Crippen MR) is 102 cm³/mol.